The lowest BCUT2D eigenvalue weighted by atomic mass is 9.83. The standard InChI is InChI=1S/C44H53N5O12/c50-33-9-6-29(24-36(33)53)15-21-45-39(56)12-18-44(19-13-40(57)46-22-16-30-7-10-34(51)37(54)25-30,20-14-41(58)47-23-17-31-8-11-35(52)38(55)26-31)49-42(59)27-48-43(60)61-28-32-4-2-1-3-5-32/h1-11,24-26,50-55H,12-23,27-28H2,(H,45,56)(H,46,57)(H,47,58)(H,48,60)(H,49,59). The van der Waals surface area contributed by atoms with Crippen molar-refractivity contribution in [1.29, 1.82) is 0 Å². The molecule has 0 aromatic heterocycles. The first kappa shape index (κ1) is 46.5. The van der Waals surface area contributed by atoms with Gasteiger partial charge in [0.2, 0.25) is 23.6 Å². The van der Waals surface area contributed by atoms with Crippen LogP contribution in [0.3, 0.4) is 0 Å². The molecule has 0 unspecified atom stereocenters. The van der Waals surface area contributed by atoms with Crippen molar-refractivity contribution in [2.24, 2.45) is 0 Å². The molecule has 0 aliphatic heterocycles. The van der Waals surface area contributed by atoms with Gasteiger partial charge in [-0.3, -0.25) is 19.2 Å². The predicted octanol–water partition coefficient (Wildman–Crippen LogP) is 3.42. The number of ether oxygens (including phenoxy) is 1. The summed E-state index contributed by atoms with van der Waals surface area (Å²) in [6.45, 7) is -0.00872. The van der Waals surface area contributed by atoms with Crippen LogP contribution in [0, 0.1) is 0 Å². The molecule has 0 atom stereocenters. The van der Waals surface area contributed by atoms with Crippen molar-refractivity contribution >= 4 is 29.7 Å². The fourth-order valence-corrected chi connectivity index (χ4v) is 6.36. The van der Waals surface area contributed by atoms with Gasteiger partial charge in [0, 0.05) is 44.4 Å². The highest BCUT2D eigenvalue weighted by Gasteiger charge is 2.34. The molecule has 5 amide bonds. The van der Waals surface area contributed by atoms with E-state index in [-0.39, 0.29) is 99.3 Å². The second-order valence-corrected chi connectivity index (χ2v) is 14.5. The fourth-order valence-electron chi connectivity index (χ4n) is 6.36. The Balaban J connectivity index is 1.45. The van der Waals surface area contributed by atoms with Crippen molar-refractivity contribution in [2.45, 2.75) is 69.9 Å². The fraction of sp³-hybridized carbons (Fsp3) is 0.341. The van der Waals surface area contributed by atoms with Crippen molar-refractivity contribution in [3.8, 4) is 34.5 Å². The van der Waals surface area contributed by atoms with Gasteiger partial charge in [0.25, 0.3) is 0 Å². The van der Waals surface area contributed by atoms with Crippen molar-refractivity contribution in [1.82, 2.24) is 26.6 Å². The average molecular weight is 844 g/mol. The van der Waals surface area contributed by atoms with E-state index in [1.165, 1.54) is 36.4 Å². The molecular weight excluding hydrogens is 791 g/mol. The number of alkyl carbamates (subject to hydrolysis) is 1. The van der Waals surface area contributed by atoms with E-state index in [9.17, 15) is 54.6 Å². The summed E-state index contributed by atoms with van der Waals surface area (Å²) in [5.41, 5.74) is 1.41. The van der Waals surface area contributed by atoms with E-state index in [0.29, 0.717) is 36.0 Å². The third-order valence-electron chi connectivity index (χ3n) is 9.83. The maximum atomic E-state index is 13.5. The summed E-state index contributed by atoms with van der Waals surface area (Å²) in [4.78, 5) is 65.6. The highest BCUT2D eigenvalue weighted by Crippen LogP contribution is 2.28. The molecule has 0 radical (unpaired) electrons. The van der Waals surface area contributed by atoms with Gasteiger partial charge in [-0.15, -0.1) is 0 Å². The molecular formula is C44H53N5O12. The van der Waals surface area contributed by atoms with Crippen LogP contribution in [-0.2, 0) is 49.8 Å². The molecule has 17 heteroatoms. The molecule has 4 aromatic rings. The van der Waals surface area contributed by atoms with Crippen LogP contribution in [0.4, 0.5) is 4.79 Å². The second-order valence-electron chi connectivity index (χ2n) is 14.5. The van der Waals surface area contributed by atoms with E-state index < -0.39 is 41.8 Å². The van der Waals surface area contributed by atoms with Crippen LogP contribution in [0.25, 0.3) is 0 Å². The van der Waals surface area contributed by atoms with E-state index >= 15 is 0 Å². The Kier molecular flexibility index (Phi) is 17.9. The molecule has 0 aliphatic rings. The summed E-state index contributed by atoms with van der Waals surface area (Å²) in [7, 11) is 0. The Morgan fingerprint density at radius 2 is 0.852 bits per heavy atom. The number of phenolic OH excluding ortho intramolecular Hbond substituents is 6. The van der Waals surface area contributed by atoms with Crippen molar-refractivity contribution in [3.05, 3.63) is 107 Å². The first-order valence-corrected chi connectivity index (χ1v) is 19.8. The number of hydrogen-bond acceptors (Lipinski definition) is 12. The SMILES string of the molecule is O=C(CCC(CCC(=O)NCCc1ccc(O)c(O)c1)(CCC(=O)NCCc1ccc(O)c(O)c1)NC(=O)CNC(=O)OCc1ccccc1)NCCc1ccc(O)c(O)c1. The third-order valence-corrected chi connectivity index (χ3v) is 9.83. The predicted molar refractivity (Wildman–Crippen MR) is 223 cm³/mol. The van der Waals surface area contributed by atoms with Gasteiger partial charge in [0.1, 0.15) is 13.2 Å². The number of phenols is 6. The zero-order valence-electron chi connectivity index (χ0n) is 33.6. The Hall–Kier alpha value is -7.17. The van der Waals surface area contributed by atoms with E-state index in [0.717, 1.165) is 5.56 Å². The summed E-state index contributed by atoms with van der Waals surface area (Å²) in [6.07, 6.45) is -0.281. The van der Waals surface area contributed by atoms with Gasteiger partial charge in [-0.25, -0.2) is 4.79 Å². The minimum atomic E-state index is -1.31. The maximum absolute atomic E-state index is 13.5. The number of hydrogen-bond donors (Lipinski definition) is 11. The van der Waals surface area contributed by atoms with E-state index in [1.54, 1.807) is 42.5 Å². The molecule has 0 heterocycles. The Bertz CT molecular complexity index is 1940. The highest BCUT2D eigenvalue weighted by atomic mass is 16.5. The van der Waals surface area contributed by atoms with Crippen molar-refractivity contribution < 1.29 is 59.3 Å². The van der Waals surface area contributed by atoms with Gasteiger partial charge < -0.3 is 62.0 Å². The lowest BCUT2D eigenvalue weighted by Gasteiger charge is -2.35. The van der Waals surface area contributed by atoms with Crippen molar-refractivity contribution in [3.63, 3.8) is 0 Å². The maximum Gasteiger partial charge on any atom is 0.407 e. The molecule has 0 saturated heterocycles. The molecule has 61 heavy (non-hydrogen) atoms. The molecule has 326 valence electrons. The molecule has 4 aromatic carbocycles. The average Bonchev–Trinajstić information content (AvgIpc) is 3.24. The molecule has 17 nitrogen and oxygen atoms in total. The smallest absolute Gasteiger partial charge is 0.407 e. The quantitative estimate of drug-likeness (QED) is 0.0480. The minimum absolute atomic E-state index is 0.0108. The number of carbonyl (C=O) groups is 5. The minimum Gasteiger partial charge on any atom is -0.504 e. The van der Waals surface area contributed by atoms with Gasteiger partial charge in [0.05, 0.1) is 0 Å². The van der Waals surface area contributed by atoms with Crippen LogP contribution in [-0.4, -0.2) is 92.1 Å². The lowest BCUT2D eigenvalue weighted by Crippen LogP contribution is -2.53. The Morgan fingerprint density at radius 1 is 0.459 bits per heavy atom. The Morgan fingerprint density at radius 3 is 1.23 bits per heavy atom. The first-order chi connectivity index (χ1) is 29.2. The topological polar surface area (TPSA) is 276 Å². The van der Waals surface area contributed by atoms with Gasteiger partial charge in [-0.1, -0.05) is 48.5 Å². The number of carbonyl (C=O) groups excluding carboxylic acids is 5. The molecule has 4 rings (SSSR count). The third kappa shape index (κ3) is 16.5. The summed E-state index contributed by atoms with van der Waals surface area (Å²) in [5.74, 6) is -3.56. The van der Waals surface area contributed by atoms with E-state index in [1.807, 2.05) is 6.07 Å². The number of amides is 5. The highest BCUT2D eigenvalue weighted by molar-refractivity contribution is 5.83. The number of benzene rings is 4. The summed E-state index contributed by atoms with van der Waals surface area (Å²) in [5, 5.41) is 72.0. The van der Waals surface area contributed by atoms with Gasteiger partial charge in [-0.05, 0) is 97.2 Å². The zero-order valence-corrected chi connectivity index (χ0v) is 33.6. The molecule has 11 N–H and O–H groups in total. The van der Waals surface area contributed by atoms with Gasteiger partial charge in [0.15, 0.2) is 34.5 Å². The molecule has 0 bridgehead atoms. The Labute approximate surface area is 352 Å². The molecule has 0 saturated carbocycles. The summed E-state index contributed by atoms with van der Waals surface area (Å²) >= 11 is 0. The lowest BCUT2D eigenvalue weighted by molar-refractivity contribution is -0.126. The van der Waals surface area contributed by atoms with Crippen LogP contribution in [0.15, 0.2) is 84.9 Å². The van der Waals surface area contributed by atoms with Gasteiger partial charge in [-0.2, -0.15) is 0 Å². The van der Waals surface area contributed by atoms with Crippen LogP contribution >= 0.6 is 0 Å². The monoisotopic (exact) mass is 843 g/mol. The van der Waals surface area contributed by atoms with Crippen LogP contribution in [0.5, 0.6) is 34.5 Å². The van der Waals surface area contributed by atoms with Crippen LogP contribution in [0.1, 0.15) is 60.8 Å². The molecule has 0 fully saturated rings. The van der Waals surface area contributed by atoms with E-state index in [2.05, 4.69) is 26.6 Å². The number of rotatable bonds is 23. The number of nitrogens with one attached hydrogen (secondary N) is 5. The van der Waals surface area contributed by atoms with Crippen molar-refractivity contribution in [2.75, 3.05) is 26.2 Å². The van der Waals surface area contributed by atoms with E-state index in [4.69, 9.17) is 4.74 Å². The first-order valence-electron chi connectivity index (χ1n) is 19.8. The normalized spacial score (nSPS) is 11.0. The summed E-state index contributed by atoms with van der Waals surface area (Å²) in [6, 6.07) is 21.9. The second kappa shape index (κ2) is 23.4. The molecule has 0 spiro atoms. The zero-order chi connectivity index (χ0) is 44.2. The number of aromatic hydroxyl groups is 6. The largest absolute Gasteiger partial charge is 0.504 e. The van der Waals surface area contributed by atoms with Gasteiger partial charge >= 0.3 is 6.09 Å². The summed E-state index contributed by atoms with van der Waals surface area (Å²) < 4.78 is 5.22. The van der Waals surface area contributed by atoms with Crippen LogP contribution < -0.4 is 26.6 Å². The molecule has 0 aliphatic carbocycles. The van der Waals surface area contributed by atoms with Crippen LogP contribution in [0.2, 0.25) is 0 Å².